The summed E-state index contributed by atoms with van der Waals surface area (Å²) in [5.41, 5.74) is 6.91. The van der Waals surface area contributed by atoms with E-state index in [0.29, 0.717) is 18.9 Å². The van der Waals surface area contributed by atoms with Crippen molar-refractivity contribution >= 4 is 28.5 Å². The molecule has 1 saturated heterocycles. The number of halogens is 1. The lowest BCUT2D eigenvalue weighted by Crippen LogP contribution is -2.49. The molecule has 2 rings (SSSR count). The summed E-state index contributed by atoms with van der Waals surface area (Å²) < 4.78 is 1.17. The predicted molar refractivity (Wildman–Crippen MR) is 85.8 cm³/mol. The van der Waals surface area contributed by atoms with Gasteiger partial charge in [0.2, 0.25) is 5.91 Å². The van der Waals surface area contributed by atoms with E-state index in [-0.39, 0.29) is 11.9 Å². The van der Waals surface area contributed by atoms with Crippen molar-refractivity contribution in [2.24, 2.45) is 11.7 Å². The molecule has 1 aliphatic rings. The first-order valence-corrected chi connectivity index (χ1v) is 7.92. The minimum Gasteiger partial charge on any atom is -0.338 e. The average Bonchev–Trinajstić information content (AvgIpc) is 2.38. The number of likely N-dealkylation sites (tertiary alicyclic amines) is 1. The number of carbonyl (C=O) groups excluding carboxylic acids is 1. The topological polar surface area (TPSA) is 46.3 Å². The molecule has 1 heterocycles. The number of carbonyl (C=O) groups is 1. The van der Waals surface area contributed by atoms with Crippen LogP contribution in [0.15, 0.2) is 24.3 Å². The van der Waals surface area contributed by atoms with Crippen LogP contribution in [-0.4, -0.2) is 29.9 Å². The lowest BCUT2D eigenvalue weighted by molar-refractivity contribution is -0.134. The van der Waals surface area contributed by atoms with Gasteiger partial charge in [0.1, 0.15) is 0 Å². The third kappa shape index (κ3) is 3.92. The quantitative estimate of drug-likeness (QED) is 0.829. The Bertz CT molecular complexity index is 450. The van der Waals surface area contributed by atoms with Crippen molar-refractivity contribution < 1.29 is 4.79 Å². The highest BCUT2D eigenvalue weighted by molar-refractivity contribution is 14.1. The van der Waals surface area contributed by atoms with Crippen LogP contribution in [0.25, 0.3) is 0 Å². The number of piperidine rings is 1. The van der Waals surface area contributed by atoms with E-state index in [1.165, 1.54) is 3.57 Å². The number of nitrogens with zero attached hydrogens (tertiary/aromatic N) is 1. The first-order chi connectivity index (χ1) is 9.10. The van der Waals surface area contributed by atoms with E-state index >= 15 is 0 Å². The summed E-state index contributed by atoms with van der Waals surface area (Å²) in [5.74, 6) is 0.889. The summed E-state index contributed by atoms with van der Waals surface area (Å²) in [5, 5.41) is 0. The average molecular weight is 372 g/mol. The minimum atomic E-state index is 0.212. The number of nitrogens with two attached hydrogens (primary N) is 1. The summed E-state index contributed by atoms with van der Waals surface area (Å²) in [6.45, 7) is 3.66. The van der Waals surface area contributed by atoms with Gasteiger partial charge in [-0.25, -0.2) is 0 Å². The predicted octanol–water partition coefficient (Wildman–Crippen LogP) is 2.42. The van der Waals surface area contributed by atoms with Crippen LogP contribution in [0, 0.1) is 9.49 Å². The Balaban J connectivity index is 2.02. The fourth-order valence-corrected chi connectivity index (χ4v) is 3.33. The molecule has 2 atom stereocenters. The van der Waals surface area contributed by atoms with Gasteiger partial charge in [-0.15, -0.1) is 0 Å². The number of rotatable bonds is 3. The van der Waals surface area contributed by atoms with Gasteiger partial charge in [-0.1, -0.05) is 19.1 Å². The third-order valence-corrected chi connectivity index (χ3v) is 4.49. The second-order valence-corrected chi connectivity index (χ2v) is 6.66. The van der Waals surface area contributed by atoms with E-state index in [1.54, 1.807) is 0 Å². The molecule has 0 spiro atoms. The smallest absolute Gasteiger partial charge is 0.227 e. The van der Waals surface area contributed by atoms with Crippen molar-refractivity contribution in [1.29, 1.82) is 0 Å². The highest BCUT2D eigenvalue weighted by atomic mass is 127. The highest BCUT2D eigenvalue weighted by Crippen LogP contribution is 2.22. The normalized spacial score (nSPS) is 23.4. The molecule has 0 saturated carbocycles. The maximum Gasteiger partial charge on any atom is 0.227 e. The molecule has 2 N–H and O–H groups in total. The highest BCUT2D eigenvalue weighted by Gasteiger charge is 2.28. The molecule has 0 aromatic heterocycles. The number of hydrogen-bond acceptors (Lipinski definition) is 2. The van der Waals surface area contributed by atoms with Crippen molar-refractivity contribution in [2.75, 3.05) is 13.1 Å². The van der Waals surface area contributed by atoms with Gasteiger partial charge in [-0.05, 0) is 59.0 Å². The first-order valence-electron chi connectivity index (χ1n) is 6.84. The Morgan fingerprint density at radius 2 is 2.32 bits per heavy atom. The lowest BCUT2D eigenvalue weighted by atomic mass is 9.92. The van der Waals surface area contributed by atoms with E-state index in [1.807, 2.05) is 23.1 Å². The molecule has 0 aliphatic carbocycles. The van der Waals surface area contributed by atoms with E-state index < -0.39 is 0 Å². The third-order valence-electron chi connectivity index (χ3n) is 3.81. The number of benzene rings is 1. The lowest BCUT2D eigenvalue weighted by Gasteiger charge is -2.38. The molecule has 3 nitrogen and oxygen atoms in total. The molecule has 1 aromatic carbocycles. The van der Waals surface area contributed by atoms with Crippen molar-refractivity contribution in [1.82, 2.24) is 4.90 Å². The van der Waals surface area contributed by atoms with Crippen LogP contribution in [0.5, 0.6) is 0 Å². The Morgan fingerprint density at radius 1 is 1.53 bits per heavy atom. The zero-order valence-corrected chi connectivity index (χ0v) is 13.5. The summed E-state index contributed by atoms with van der Waals surface area (Å²) in [6.07, 6.45) is 2.62. The van der Waals surface area contributed by atoms with Gasteiger partial charge in [0, 0.05) is 22.7 Å². The Hall–Kier alpha value is -0.620. The second kappa shape index (κ2) is 6.70. The van der Waals surface area contributed by atoms with Gasteiger partial charge in [0.15, 0.2) is 0 Å². The van der Waals surface area contributed by atoms with Crippen LogP contribution in [0.4, 0.5) is 0 Å². The summed E-state index contributed by atoms with van der Waals surface area (Å²) in [4.78, 5) is 14.4. The van der Waals surface area contributed by atoms with E-state index in [4.69, 9.17) is 5.73 Å². The van der Waals surface area contributed by atoms with E-state index in [9.17, 15) is 4.79 Å². The Kier molecular flexibility index (Phi) is 5.21. The zero-order valence-electron chi connectivity index (χ0n) is 11.3. The van der Waals surface area contributed by atoms with Gasteiger partial charge >= 0.3 is 0 Å². The zero-order chi connectivity index (χ0) is 13.8. The van der Waals surface area contributed by atoms with E-state index in [2.05, 4.69) is 35.6 Å². The van der Waals surface area contributed by atoms with Crippen LogP contribution in [0.3, 0.4) is 0 Å². The summed E-state index contributed by atoms with van der Waals surface area (Å²) >= 11 is 2.28. The molecule has 104 valence electrons. The Morgan fingerprint density at radius 3 is 3.00 bits per heavy atom. The monoisotopic (exact) mass is 372 g/mol. The Labute approximate surface area is 128 Å². The molecular weight excluding hydrogens is 351 g/mol. The van der Waals surface area contributed by atoms with Gasteiger partial charge < -0.3 is 10.6 Å². The molecule has 1 fully saturated rings. The van der Waals surface area contributed by atoms with Crippen molar-refractivity contribution in [3.05, 3.63) is 33.4 Å². The molecule has 19 heavy (non-hydrogen) atoms. The maximum absolute atomic E-state index is 12.4. The largest absolute Gasteiger partial charge is 0.338 e. The molecule has 1 aliphatic heterocycles. The van der Waals surface area contributed by atoms with Gasteiger partial charge in [-0.3, -0.25) is 4.79 Å². The number of hydrogen-bond donors (Lipinski definition) is 1. The first kappa shape index (κ1) is 14.8. The molecule has 0 radical (unpaired) electrons. The van der Waals surface area contributed by atoms with Crippen LogP contribution in [0.1, 0.15) is 25.3 Å². The summed E-state index contributed by atoms with van der Waals surface area (Å²) in [7, 11) is 0. The van der Waals surface area contributed by atoms with Crippen LogP contribution in [0.2, 0.25) is 0 Å². The summed E-state index contributed by atoms with van der Waals surface area (Å²) in [6, 6.07) is 8.36. The van der Waals surface area contributed by atoms with Crippen LogP contribution in [-0.2, 0) is 11.2 Å². The molecule has 0 bridgehead atoms. The molecule has 4 heteroatoms. The molecule has 1 amide bonds. The molecular formula is C15H21IN2O. The van der Waals surface area contributed by atoms with Crippen molar-refractivity contribution in [2.45, 2.75) is 32.2 Å². The maximum atomic E-state index is 12.4. The van der Waals surface area contributed by atoms with Gasteiger partial charge in [0.25, 0.3) is 0 Å². The van der Waals surface area contributed by atoms with Gasteiger partial charge in [-0.2, -0.15) is 0 Å². The van der Waals surface area contributed by atoms with Crippen LogP contribution >= 0.6 is 22.6 Å². The molecule has 1 aromatic rings. The molecule has 2 unspecified atom stereocenters. The SMILES string of the molecule is CC1CCN(C(=O)Cc2cccc(I)c2)C(CN)C1. The minimum absolute atomic E-state index is 0.212. The second-order valence-electron chi connectivity index (χ2n) is 5.41. The fourth-order valence-electron chi connectivity index (χ4n) is 2.73. The van der Waals surface area contributed by atoms with E-state index in [0.717, 1.165) is 24.9 Å². The van der Waals surface area contributed by atoms with Crippen LogP contribution < -0.4 is 5.73 Å². The van der Waals surface area contributed by atoms with Crippen molar-refractivity contribution in [3.8, 4) is 0 Å². The standard InChI is InChI=1S/C15H21IN2O/c1-11-5-6-18(14(7-11)10-17)15(19)9-12-3-2-4-13(16)8-12/h2-4,8,11,14H,5-7,9-10,17H2,1H3. The fraction of sp³-hybridized carbons (Fsp3) is 0.533. The van der Waals surface area contributed by atoms with Crippen molar-refractivity contribution in [3.63, 3.8) is 0 Å². The van der Waals surface area contributed by atoms with Gasteiger partial charge in [0.05, 0.1) is 6.42 Å². The number of amides is 1.